The van der Waals surface area contributed by atoms with Crippen LogP contribution in [0.4, 0.5) is 13.2 Å². The molecule has 9 heteroatoms. The fourth-order valence-corrected chi connectivity index (χ4v) is 0.387. The van der Waals surface area contributed by atoms with Gasteiger partial charge < -0.3 is 4.55 Å². The Labute approximate surface area is 83.9 Å². The lowest BCUT2D eigenvalue weighted by Gasteiger charge is -2.08. The van der Waals surface area contributed by atoms with Crippen molar-refractivity contribution in [1.82, 2.24) is 4.98 Å². The van der Waals surface area contributed by atoms with Crippen LogP contribution in [0.2, 0.25) is 0 Å². The van der Waals surface area contributed by atoms with Crippen molar-refractivity contribution in [1.29, 1.82) is 0 Å². The van der Waals surface area contributed by atoms with Gasteiger partial charge in [0.1, 0.15) is 7.05 Å². The second-order valence-electron chi connectivity index (χ2n) is 2.31. The van der Waals surface area contributed by atoms with E-state index in [0.29, 0.717) is 0 Å². The van der Waals surface area contributed by atoms with E-state index < -0.39 is 15.6 Å². The molecule has 1 aromatic heterocycles. The van der Waals surface area contributed by atoms with Crippen LogP contribution < -0.4 is 4.57 Å². The summed E-state index contributed by atoms with van der Waals surface area (Å²) < 4.78 is 60.8. The molecule has 0 aliphatic carbocycles. The van der Waals surface area contributed by atoms with Crippen molar-refractivity contribution >= 4 is 10.1 Å². The number of aryl methyl sites for hydroxylation is 1. The van der Waals surface area contributed by atoms with Crippen molar-refractivity contribution in [3.8, 4) is 0 Å². The normalized spacial score (nSPS) is 11.5. The van der Waals surface area contributed by atoms with Crippen LogP contribution in [0.5, 0.6) is 0 Å². The maximum absolute atomic E-state index is 10.7. The van der Waals surface area contributed by atoms with Gasteiger partial charge in [0.2, 0.25) is 0 Å². The van der Waals surface area contributed by atoms with Crippen LogP contribution in [0, 0.1) is 0 Å². The molecule has 5 nitrogen and oxygen atoms in total. The second kappa shape index (κ2) is 5.03. The molecule has 1 rings (SSSR count). The number of rotatable bonds is 0. The van der Waals surface area contributed by atoms with Crippen LogP contribution in [0.1, 0.15) is 0 Å². The summed E-state index contributed by atoms with van der Waals surface area (Å²) in [5.41, 5.74) is -5.65. The largest absolute Gasteiger partial charge is 0.741 e. The molecular weight excluding hydrogens is 237 g/mol. The molecule has 1 aromatic rings. The van der Waals surface area contributed by atoms with Gasteiger partial charge in [0, 0.05) is 0 Å². The Morgan fingerprint density at radius 3 is 1.73 bits per heavy atom. The summed E-state index contributed by atoms with van der Waals surface area (Å²) in [5.74, 6) is 0. The summed E-state index contributed by atoms with van der Waals surface area (Å²) in [6.07, 6.45) is 7.28. The van der Waals surface area contributed by atoms with Crippen LogP contribution in [0.3, 0.4) is 0 Å². The third kappa shape index (κ3) is 5.96. The summed E-state index contributed by atoms with van der Waals surface area (Å²) in [7, 11) is -4.13. The van der Waals surface area contributed by atoms with E-state index in [-0.39, 0.29) is 0 Å². The van der Waals surface area contributed by atoms with Crippen molar-refractivity contribution in [2.75, 3.05) is 0 Å². The van der Waals surface area contributed by atoms with Crippen LogP contribution >= 0.6 is 0 Å². The zero-order valence-electron chi connectivity index (χ0n) is 7.47. The highest BCUT2D eigenvalue weighted by molar-refractivity contribution is 7.86. The van der Waals surface area contributed by atoms with Crippen molar-refractivity contribution in [3.63, 3.8) is 0 Å². The monoisotopic (exact) mass is 244 g/mol. The van der Waals surface area contributed by atoms with Gasteiger partial charge in [0.15, 0.2) is 22.5 Å². The highest BCUT2D eigenvalue weighted by atomic mass is 32.2. The zero-order valence-corrected chi connectivity index (χ0v) is 8.29. The first-order chi connectivity index (χ1) is 6.64. The number of hydrogen-bond acceptors (Lipinski definition) is 4. The fourth-order valence-electron chi connectivity index (χ4n) is 0.387. The van der Waals surface area contributed by atoms with Crippen molar-refractivity contribution < 1.29 is 30.7 Å². The summed E-state index contributed by atoms with van der Waals surface area (Å²) in [6.45, 7) is 0. The average Bonchev–Trinajstić information content (AvgIpc) is 2.02. The predicted molar refractivity (Wildman–Crippen MR) is 41.2 cm³/mol. The molecular formula is C6H7F3N2O3S. The minimum absolute atomic E-state index is 1.75. The highest BCUT2D eigenvalue weighted by Gasteiger charge is 2.36. The molecule has 0 aliphatic heterocycles. The minimum atomic E-state index is -6.09. The first-order valence-corrected chi connectivity index (χ1v) is 4.83. The van der Waals surface area contributed by atoms with Crippen LogP contribution in [0.15, 0.2) is 24.8 Å². The topological polar surface area (TPSA) is 74.0 Å². The Hall–Kier alpha value is -1.22. The molecule has 0 saturated heterocycles. The van der Waals surface area contributed by atoms with E-state index in [1.54, 1.807) is 12.4 Å². The molecule has 0 spiro atoms. The predicted octanol–water partition coefficient (Wildman–Crippen LogP) is -0.0425. The standard InChI is InChI=1S/C5H7N2.CHF3O3S/c1-7-4-2-6-3-5-7;2-1(3,4)8(5,6)7/h2-5H,1H3;(H,5,6,7)/q+1;/p-1. The second-order valence-corrected chi connectivity index (χ2v) is 3.68. The molecule has 15 heavy (non-hydrogen) atoms. The summed E-state index contributed by atoms with van der Waals surface area (Å²) in [6, 6.07) is 0. The molecule has 0 aliphatic rings. The van der Waals surface area contributed by atoms with Crippen LogP contribution in [-0.4, -0.2) is 23.5 Å². The Kier molecular flexibility index (Phi) is 4.62. The Morgan fingerprint density at radius 2 is 1.60 bits per heavy atom. The van der Waals surface area contributed by atoms with E-state index in [4.69, 9.17) is 13.0 Å². The number of alkyl halides is 3. The van der Waals surface area contributed by atoms with Gasteiger partial charge in [-0.15, -0.1) is 0 Å². The first-order valence-electron chi connectivity index (χ1n) is 3.42. The summed E-state index contributed by atoms with van der Waals surface area (Å²) in [5, 5.41) is 0. The average molecular weight is 244 g/mol. The van der Waals surface area contributed by atoms with Crippen molar-refractivity contribution in [2.45, 2.75) is 5.51 Å². The van der Waals surface area contributed by atoms with E-state index in [1.807, 2.05) is 24.0 Å². The molecule has 0 N–H and O–H groups in total. The first kappa shape index (κ1) is 13.8. The van der Waals surface area contributed by atoms with Gasteiger partial charge in [-0.25, -0.2) is 13.0 Å². The SMILES string of the molecule is C[n+]1ccncc1.O=S(=O)([O-])C(F)(F)F. The molecule has 0 amide bonds. The number of hydrogen-bond donors (Lipinski definition) is 0. The van der Waals surface area contributed by atoms with E-state index in [0.717, 1.165) is 0 Å². The van der Waals surface area contributed by atoms with Gasteiger partial charge in [0.25, 0.3) is 0 Å². The molecule has 1 heterocycles. The van der Waals surface area contributed by atoms with Gasteiger partial charge in [-0.1, -0.05) is 0 Å². The van der Waals surface area contributed by atoms with Gasteiger partial charge in [-0.3, -0.25) is 4.98 Å². The van der Waals surface area contributed by atoms with Gasteiger partial charge in [-0.05, 0) is 0 Å². The summed E-state index contributed by atoms with van der Waals surface area (Å²) in [4.78, 5) is 3.82. The van der Waals surface area contributed by atoms with Crippen LogP contribution in [-0.2, 0) is 17.2 Å². The Morgan fingerprint density at radius 1 is 1.27 bits per heavy atom. The van der Waals surface area contributed by atoms with E-state index in [1.165, 1.54) is 0 Å². The molecule has 0 atom stereocenters. The third-order valence-corrected chi connectivity index (χ3v) is 1.63. The Balaban J connectivity index is 0.000000262. The molecule has 0 aromatic carbocycles. The van der Waals surface area contributed by atoms with Gasteiger partial charge in [0.05, 0.1) is 12.4 Å². The van der Waals surface area contributed by atoms with E-state index >= 15 is 0 Å². The van der Waals surface area contributed by atoms with E-state index in [2.05, 4.69) is 4.98 Å². The minimum Gasteiger partial charge on any atom is -0.741 e. The maximum Gasteiger partial charge on any atom is 0.485 e. The van der Waals surface area contributed by atoms with Crippen LogP contribution in [0.25, 0.3) is 0 Å². The lowest BCUT2D eigenvalue weighted by Crippen LogP contribution is -2.25. The summed E-state index contributed by atoms with van der Waals surface area (Å²) >= 11 is 0. The molecule has 0 bridgehead atoms. The number of nitrogens with zero attached hydrogens (tertiary/aromatic N) is 2. The molecule has 0 fully saturated rings. The van der Waals surface area contributed by atoms with Gasteiger partial charge >= 0.3 is 5.51 Å². The third-order valence-electron chi connectivity index (χ3n) is 1.06. The number of halogens is 3. The Bertz CT molecular complexity index is 390. The lowest BCUT2D eigenvalue weighted by molar-refractivity contribution is -0.672. The van der Waals surface area contributed by atoms with Gasteiger partial charge in [-0.2, -0.15) is 13.2 Å². The fraction of sp³-hybridized carbons (Fsp3) is 0.333. The smallest absolute Gasteiger partial charge is 0.485 e. The van der Waals surface area contributed by atoms with Crippen molar-refractivity contribution in [3.05, 3.63) is 24.8 Å². The van der Waals surface area contributed by atoms with E-state index in [9.17, 15) is 13.2 Å². The quantitative estimate of drug-likeness (QED) is 0.364. The molecule has 0 radical (unpaired) electrons. The zero-order chi connectivity index (χ0) is 12.1. The number of aromatic nitrogens is 2. The maximum atomic E-state index is 10.7. The lowest BCUT2D eigenvalue weighted by atomic mass is 10.7. The molecule has 0 unspecified atom stereocenters. The molecule has 86 valence electrons. The highest BCUT2D eigenvalue weighted by Crippen LogP contribution is 2.20. The van der Waals surface area contributed by atoms with Crippen molar-refractivity contribution in [2.24, 2.45) is 7.05 Å². The molecule has 0 saturated carbocycles.